The second kappa shape index (κ2) is 5.30. The summed E-state index contributed by atoms with van der Waals surface area (Å²) >= 11 is 0. The number of anilines is 1. The third kappa shape index (κ3) is 2.37. The van der Waals surface area contributed by atoms with Crippen LogP contribution in [0.3, 0.4) is 0 Å². The Morgan fingerprint density at radius 2 is 2.00 bits per heavy atom. The number of nitrogens with zero attached hydrogens (tertiary/aromatic N) is 4. The van der Waals surface area contributed by atoms with E-state index in [1.54, 1.807) is 13.4 Å². The molecule has 0 aliphatic carbocycles. The highest BCUT2D eigenvalue weighted by Gasteiger charge is 2.34. The molecule has 1 aromatic rings. The van der Waals surface area contributed by atoms with Crippen molar-refractivity contribution >= 4 is 5.82 Å². The van der Waals surface area contributed by atoms with Crippen LogP contribution in [0.15, 0.2) is 6.33 Å². The van der Waals surface area contributed by atoms with Gasteiger partial charge in [0.1, 0.15) is 12.1 Å². The highest BCUT2D eigenvalue weighted by molar-refractivity contribution is 5.52. The molecule has 2 saturated heterocycles. The summed E-state index contributed by atoms with van der Waals surface area (Å²) in [5, 5.41) is 3.39. The molecule has 2 aliphatic rings. The average molecular weight is 263 g/mol. The molecule has 3 rings (SSSR count). The van der Waals surface area contributed by atoms with E-state index in [1.807, 2.05) is 6.92 Å². The summed E-state index contributed by atoms with van der Waals surface area (Å²) in [4.78, 5) is 13.4. The number of nitrogens with one attached hydrogen (secondary N) is 1. The van der Waals surface area contributed by atoms with Gasteiger partial charge in [-0.3, -0.25) is 4.90 Å². The topological polar surface area (TPSA) is 53.5 Å². The number of rotatable bonds is 3. The van der Waals surface area contributed by atoms with Crippen molar-refractivity contribution in [3.05, 3.63) is 11.9 Å². The van der Waals surface area contributed by atoms with Crippen molar-refractivity contribution in [3.63, 3.8) is 0 Å². The molecule has 2 aliphatic heterocycles. The first-order valence-electron chi connectivity index (χ1n) is 6.85. The molecule has 0 atom stereocenters. The third-order valence-corrected chi connectivity index (χ3v) is 4.03. The van der Waals surface area contributed by atoms with Gasteiger partial charge < -0.3 is 15.0 Å². The lowest BCUT2D eigenvalue weighted by molar-refractivity contribution is 0.147. The van der Waals surface area contributed by atoms with E-state index >= 15 is 0 Å². The van der Waals surface area contributed by atoms with E-state index in [4.69, 9.17) is 4.74 Å². The van der Waals surface area contributed by atoms with Gasteiger partial charge in [-0.15, -0.1) is 0 Å². The summed E-state index contributed by atoms with van der Waals surface area (Å²) in [7, 11) is 1.65. The predicted octanol–water partition coefficient (Wildman–Crippen LogP) is -0.113. The minimum atomic E-state index is 0.669. The van der Waals surface area contributed by atoms with Crippen LogP contribution in [0.1, 0.15) is 5.56 Å². The first-order chi connectivity index (χ1) is 9.29. The second-order valence-corrected chi connectivity index (χ2v) is 5.18. The minimum Gasteiger partial charge on any atom is -0.481 e. The largest absolute Gasteiger partial charge is 0.481 e. The Kier molecular flexibility index (Phi) is 3.52. The van der Waals surface area contributed by atoms with E-state index in [2.05, 4.69) is 25.1 Å². The van der Waals surface area contributed by atoms with Crippen LogP contribution in [-0.4, -0.2) is 67.3 Å². The standard InChI is InChI=1S/C13H21N5O/c1-10-12(15-9-16-13(10)19-2)18-7-11(8-18)17-5-3-14-4-6-17/h9,11,14H,3-8H2,1-2H3. The Bertz CT molecular complexity index is 441. The van der Waals surface area contributed by atoms with Gasteiger partial charge >= 0.3 is 0 Å². The van der Waals surface area contributed by atoms with Crippen LogP contribution < -0.4 is 15.0 Å². The molecule has 1 N–H and O–H groups in total. The molecule has 0 radical (unpaired) electrons. The summed E-state index contributed by atoms with van der Waals surface area (Å²) in [5.41, 5.74) is 1.03. The van der Waals surface area contributed by atoms with Crippen molar-refractivity contribution in [3.8, 4) is 5.88 Å². The summed E-state index contributed by atoms with van der Waals surface area (Å²) in [5.74, 6) is 1.69. The smallest absolute Gasteiger partial charge is 0.221 e. The van der Waals surface area contributed by atoms with E-state index in [0.29, 0.717) is 11.9 Å². The van der Waals surface area contributed by atoms with Gasteiger partial charge in [-0.05, 0) is 6.92 Å². The fourth-order valence-corrected chi connectivity index (χ4v) is 2.86. The number of piperazine rings is 1. The van der Waals surface area contributed by atoms with Crippen molar-refractivity contribution in [2.24, 2.45) is 0 Å². The molecule has 6 heteroatoms. The Morgan fingerprint density at radius 1 is 1.26 bits per heavy atom. The molecular weight excluding hydrogens is 242 g/mol. The highest BCUT2D eigenvalue weighted by Crippen LogP contribution is 2.28. The average Bonchev–Trinajstić information content (AvgIpc) is 2.40. The Hall–Kier alpha value is -1.40. The number of aromatic nitrogens is 2. The summed E-state index contributed by atoms with van der Waals surface area (Å²) in [6.45, 7) is 8.66. The molecule has 0 aromatic carbocycles. The van der Waals surface area contributed by atoms with Crippen LogP contribution in [0.4, 0.5) is 5.82 Å². The van der Waals surface area contributed by atoms with Crippen LogP contribution in [0.25, 0.3) is 0 Å². The zero-order chi connectivity index (χ0) is 13.2. The van der Waals surface area contributed by atoms with E-state index in [1.165, 1.54) is 0 Å². The van der Waals surface area contributed by atoms with Crippen LogP contribution in [0.2, 0.25) is 0 Å². The molecule has 0 bridgehead atoms. The molecule has 0 saturated carbocycles. The first kappa shape index (κ1) is 12.6. The van der Waals surface area contributed by atoms with Crippen LogP contribution in [0.5, 0.6) is 5.88 Å². The fraction of sp³-hybridized carbons (Fsp3) is 0.692. The molecule has 19 heavy (non-hydrogen) atoms. The molecule has 6 nitrogen and oxygen atoms in total. The van der Waals surface area contributed by atoms with Gasteiger partial charge in [-0.1, -0.05) is 0 Å². The zero-order valence-corrected chi connectivity index (χ0v) is 11.6. The molecule has 0 amide bonds. The van der Waals surface area contributed by atoms with Gasteiger partial charge in [-0.2, -0.15) is 0 Å². The minimum absolute atomic E-state index is 0.669. The third-order valence-electron chi connectivity index (χ3n) is 4.03. The van der Waals surface area contributed by atoms with E-state index in [-0.39, 0.29) is 0 Å². The van der Waals surface area contributed by atoms with Gasteiger partial charge in [0.05, 0.1) is 12.7 Å². The molecular formula is C13H21N5O. The monoisotopic (exact) mass is 263 g/mol. The first-order valence-corrected chi connectivity index (χ1v) is 6.85. The summed E-state index contributed by atoms with van der Waals surface area (Å²) < 4.78 is 5.25. The summed E-state index contributed by atoms with van der Waals surface area (Å²) in [6.07, 6.45) is 1.58. The SMILES string of the molecule is COc1ncnc(N2CC(N3CCNCC3)C2)c1C. The van der Waals surface area contributed by atoms with Gasteiger partial charge in [0.15, 0.2) is 0 Å². The van der Waals surface area contributed by atoms with Gasteiger partial charge in [0, 0.05) is 45.3 Å². The van der Waals surface area contributed by atoms with Gasteiger partial charge in [0.2, 0.25) is 5.88 Å². The van der Waals surface area contributed by atoms with Crippen molar-refractivity contribution in [2.75, 3.05) is 51.3 Å². The predicted molar refractivity (Wildman–Crippen MR) is 73.8 cm³/mol. The highest BCUT2D eigenvalue weighted by atomic mass is 16.5. The maximum atomic E-state index is 5.25. The van der Waals surface area contributed by atoms with E-state index in [9.17, 15) is 0 Å². The zero-order valence-electron chi connectivity index (χ0n) is 11.6. The van der Waals surface area contributed by atoms with Crippen molar-refractivity contribution in [2.45, 2.75) is 13.0 Å². The Balaban J connectivity index is 1.64. The maximum absolute atomic E-state index is 5.25. The van der Waals surface area contributed by atoms with Crippen molar-refractivity contribution < 1.29 is 4.74 Å². The normalized spacial score (nSPS) is 21.3. The molecule has 2 fully saturated rings. The number of ether oxygens (including phenoxy) is 1. The molecule has 0 unspecified atom stereocenters. The van der Waals surface area contributed by atoms with Gasteiger partial charge in [0.25, 0.3) is 0 Å². The van der Waals surface area contributed by atoms with Crippen LogP contribution in [-0.2, 0) is 0 Å². The van der Waals surface area contributed by atoms with E-state index in [0.717, 1.165) is 50.6 Å². The fourth-order valence-electron chi connectivity index (χ4n) is 2.86. The Morgan fingerprint density at radius 3 is 2.68 bits per heavy atom. The maximum Gasteiger partial charge on any atom is 0.221 e. The Labute approximate surface area is 113 Å². The molecule has 1 aromatic heterocycles. The number of hydrogen-bond donors (Lipinski definition) is 1. The lowest BCUT2D eigenvalue weighted by Gasteiger charge is -2.47. The van der Waals surface area contributed by atoms with Crippen molar-refractivity contribution in [1.82, 2.24) is 20.2 Å². The molecule has 3 heterocycles. The lowest BCUT2D eigenvalue weighted by Crippen LogP contribution is -2.63. The van der Waals surface area contributed by atoms with Crippen LogP contribution >= 0.6 is 0 Å². The second-order valence-electron chi connectivity index (χ2n) is 5.18. The summed E-state index contributed by atoms with van der Waals surface area (Å²) in [6, 6.07) is 0.669. The van der Waals surface area contributed by atoms with Crippen LogP contribution in [0, 0.1) is 6.92 Å². The number of hydrogen-bond acceptors (Lipinski definition) is 6. The molecule has 104 valence electrons. The van der Waals surface area contributed by atoms with Gasteiger partial charge in [-0.25, -0.2) is 9.97 Å². The van der Waals surface area contributed by atoms with Crippen molar-refractivity contribution in [1.29, 1.82) is 0 Å². The quantitative estimate of drug-likeness (QED) is 0.821. The number of methoxy groups -OCH3 is 1. The molecule has 0 spiro atoms. The lowest BCUT2D eigenvalue weighted by atomic mass is 10.1. The van der Waals surface area contributed by atoms with E-state index < -0.39 is 0 Å².